The summed E-state index contributed by atoms with van der Waals surface area (Å²) in [5.41, 5.74) is 2.03. The van der Waals surface area contributed by atoms with Crippen LogP contribution in [0.4, 0.5) is 4.79 Å². The van der Waals surface area contributed by atoms with Gasteiger partial charge in [0.05, 0.1) is 6.10 Å². The maximum Gasteiger partial charge on any atom is 0.355 e. The fraction of sp³-hybridized carbons (Fsp3) is 0.500. The molecular weight excluding hydrogens is 290 g/mol. The summed E-state index contributed by atoms with van der Waals surface area (Å²) in [5.74, 6) is -1.45. The van der Waals surface area contributed by atoms with Crippen LogP contribution in [0.15, 0.2) is 0 Å². The molecule has 1 heterocycles. The van der Waals surface area contributed by atoms with E-state index in [-0.39, 0.29) is 5.69 Å². The number of esters is 1. The Morgan fingerprint density at radius 1 is 1.32 bits per heavy atom. The third-order valence-corrected chi connectivity index (χ3v) is 3.04. The molecule has 0 saturated heterocycles. The number of rotatable bonds is 5. The largest absolute Gasteiger partial charge is 0.451 e. The molecule has 8 nitrogen and oxygen atoms in total. The van der Waals surface area contributed by atoms with E-state index in [4.69, 9.17) is 4.74 Å². The Morgan fingerprint density at radius 2 is 1.95 bits per heavy atom. The minimum atomic E-state index is -0.726. The van der Waals surface area contributed by atoms with Gasteiger partial charge in [0.1, 0.15) is 5.69 Å². The number of ether oxygens (including phenoxy) is 1. The van der Waals surface area contributed by atoms with Crippen molar-refractivity contribution >= 4 is 17.9 Å². The quantitative estimate of drug-likeness (QED) is 0.596. The molecule has 0 aliphatic heterocycles. The summed E-state index contributed by atoms with van der Waals surface area (Å²) in [6.07, 6.45) is -0.723. The van der Waals surface area contributed by atoms with Crippen molar-refractivity contribution in [2.75, 3.05) is 13.2 Å². The summed E-state index contributed by atoms with van der Waals surface area (Å²) in [7, 11) is 0. The number of amides is 3. The number of aliphatic hydroxyl groups excluding tert-OH is 1. The van der Waals surface area contributed by atoms with Crippen molar-refractivity contribution in [1.82, 2.24) is 15.6 Å². The van der Waals surface area contributed by atoms with Gasteiger partial charge in [-0.3, -0.25) is 10.1 Å². The highest BCUT2D eigenvalue weighted by Crippen LogP contribution is 2.24. The van der Waals surface area contributed by atoms with Crippen molar-refractivity contribution in [3.8, 4) is 0 Å². The first kappa shape index (κ1) is 17.7. The Bertz CT molecular complexity index is 577. The highest BCUT2D eigenvalue weighted by molar-refractivity contribution is 5.97. The molecule has 1 aromatic heterocycles. The van der Waals surface area contributed by atoms with Gasteiger partial charge in [0.25, 0.3) is 5.91 Å². The highest BCUT2D eigenvalue weighted by Gasteiger charge is 2.21. The van der Waals surface area contributed by atoms with E-state index < -0.39 is 30.6 Å². The van der Waals surface area contributed by atoms with Gasteiger partial charge in [0.2, 0.25) is 0 Å². The molecule has 0 aliphatic rings. The second kappa shape index (κ2) is 7.60. The topological polar surface area (TPSA) is 121 Å². The summed E-state index contributed by atoms with van der Waals surface area (Å²) in [4.78, 5) is 37.3. The first-order valence-electron chi connectivity index (χ1n) is 6.89. The highest BCUT2D eigenvalue weighted by atomic mass is 16.5. The van der Waals surface area contributed by atoms with Gasteiger partial charge in [-0.25, -0.2) is 9.59 Å². The monoisotopic (exact) mass is 311 g/mol. The third kappa shape index (κ3) is 4.32. The zero-order chi connectivity index (χ0) is 16.9. The van der Waals surface area contributed by atoms with Gasteiger partial charge in [-0.15, -0.1) is 0 Å². The number of urea groups is 1. The number of carbonyl (C=O) groups excluding carboxylic acids is 3. The third-order valence-electron chi connectivity index (χ3n) is 3.04. The Balaban J connectivity index is 2.65. The average Bonchev–Trinajstić information content (AvgIpc) is 2.71. The van der Waals surface area contributed by atoms with Gasteiger partial charge in [0.15, 0.2) is 6.61 Å². The standard InChI is InChI=1S/C14H21N3O5/c1-5-15-14(21)17-10(19)6-22-13(20)12-7(2)11(9(4)18)8(3)16-12/h9,16,18H,5-6H2,1-4H3,(H2,15,17,19,21)/t9-/m1/s1. The van der Waals surface area contributed by atoms with Crippen LogP contribution < -0.4 is 10.6 Å². The zero-order valence-corrected chi connectivity index (χ0v) is 13.1. The normalized spacial score (nSPS) is 11.7. The lowest BCUT2D eigenvalue weighted by atomic mass is 10.1. The summed E-state index contributed by atoms with van der Waals surface area (Å²) >= 11 is 0. The molecular formula is C14H21N3O5. The molecule has 0 radical (unpaired) electrons. The van der Waals surface area contributed by atoms with E-state index in [1.54, 1.807) is 27.7 Å². The Kier molecular flexibility index (Phi) is 6.11. The number of aliphatic hydroxyl groups is 1. The summed E-state index contributed by atoms with van der Waals surface area (Å²) in [6, 6.07) is -0.646. The molecule has 8 heteroatoms. The van der Waals surface area contributed by atoms with Crippen molar-refractivity contribution in [2.24, 2.45) is 0 Å². The molecule has 3 amide bonds. The number of imide groups is 1. The second-order valence-corrected chi connectivity index (χ2v) is 4.82. The molecule has 0 fully saturated rings. The fourth-order valence-electron chi connectivity index (χ4n) is 2.17. The molecule has 0 saturated carbocycles. The number of hydrogen-bond acceptors (Lipinski definition) is 5. The lowest BCUT2D eigenvalue weighted by Gasteiger charge is -2.07. The van der Waals surface area contributed by atoms with Gasteiger partial charge in [-0.05, 0) is 33.3 Å². The van der Waals surface area contributed by atoms with E-state index in [9.17, 15) is 19.5 Å². The fourth-order valence-corrected chi connectivity index (χ4v) is 2.17. The Labute approximate surface area is 128 Å². The van der Waals surface area contributed by atoms with E-state index in [2.05, 4.69) is 10.3 Å². The first-order chi connectivity index (χ1) is 10.3. The van der Waals surface area contributed by atoms with Gasteiger partial charge in [-0.2, -0.15) is 0 Å². The van der Waals surface area contributed by atoms with Gasteiger partial charge in [-0.1, -0.05) is 0 Å². The first-order valence-corrected chi connectivity index (χ1v) is 6.89. The number of H-pyrrole nitrogens is 1. The van der Waals surface area contributed by atoms with Crippen LogP contribution in [0.1, 0.15) is 47.3 Å². The van der Waals surface area contributed by atoms with Gasteiger partial charge < -0.3 is 20.1 Å². The van der Waals surface area contributed by atoms with Crippen LogP contribution in [0.2, 0.25) is 0 Å². The minimum Gasteiger partial charge on any atom is -0.451 e. The summed E-state index contributed by atoms with van der Waals surface area (Å²) in [5, 5.41) is 14.1. The number of hydrogen-bond donors (Lipinski definition) is 4. The van der Waals surface area contributed by atoms with Crippen molar-refractivity contribution in [3.63, 3.8) is 0 Å². The van der Waals surface area contributed by atoms with Crippen molar-refractivity contribution in [3.05, 3.63) is 22.5 Å². The SMILES string of the molecule is CCNC(=O)NC(=O)COC(=O)c1[nH]c(C)c([C@@H](C)O)c1C. The van der Waals surface area contributed by atoms with E-state index in [0.717, 1.165) is 0 Å². The van der Waals surface area contributed by atoms with E-state index in [1.165, 1.54) is 0 Å². The molecule has 0 bridgehead atoms. The van der Waals surface area contributed by atoms with Crippen LogP contribution in [0.5, 0.6) is 0 Å². The molecule has 1 atom stereocenters. The van der Waals surface area contributed by atoms with Crippen LogP contribution in [0.25, 0.3) is 0 Å². The molecule has 0 aliphatic carbocycles. The predicted molar refractivity (Wildman–Crippen MR) is 78.4 cm³/mol. The molecule has 0 unspecified atom stereocenters. The molecule has 1 aromatic rings. The number of aromatic nitrogens is 1. The summed E-state index contributed by atoms with van der Waals surface area (Å²) < 4.78 is 4.85. The number of carbonyl (C=O) groups is 3. The Hall–Kier alpha value is -2.35. The molecule has 1 rings (SSSR count). The molecule has 0 aromatic carbocycles. The zero-order valence-electron chi connectivity index (χ0n) is 13.1. The average molecular weight is 311 g/mol. The van der Waals surface area contributed by atoms with Crippen molar-refractivity contribution in [1.29, 1.82) is 0 Å². The minimum absolute atomic E-state index is 0.180. The number of nitrogens with one attached hydrogen (secondary N) is 3. The lowest BCUT2D eigenvalue weighted by molar-refractivity contribution is -0.123. The van der Waals surface area contributed by atoms with Gasteiger partial charge in [0, 0.05) is 17.8 Å². The van der Waals surface area contributed by atoms with E-state index in [1.807, 2.05) is 5.32 Å². The van der Waals surface area contributed by atoms with Gasteiger partial charge >= 0.3 is 12.0 Å². The molecule has 4 N–H and O–H groups in total. The lowest BCUT2D eigenvalue weighted by Crippen LogP contribution is -2.41. The van der Waals surface area contributed by atoms with Crippen molar-refractivity contribution in [2.45, 2.75) is 33.8 Å². The maximum absolute atomic E-state index is 12.0. The summed E-state index contributed by atoms with van der Waals surface area (Å²) in [6.45, 7) is 6.52. The van der Waals surface area contributed by atoms with Crippen molar-refractivity contribution < 1.29 is 24.2 Å². The molecule has 22 heavy (non-hydrogen) atoms. The van der Waals surface area contributed by atoms with Crippen LogP contribution in [0, 0.1) is 13.8 Å². The predicted octanol–water partition coefficient (Wildman–Crippen LogP) is 0.687. The molecule has 0 spiro atoms. The number of aromatic amines is 1. The van der Waals surface area contributed by atoms with E-state index >= 15 is 0 Å². The van der Waals surface area contributed by atoms with Crippen LogP contribution in [0.3, 0.4) is 0 Å². The molecule has 122 valence electrons. The van der Waals surface area contributed by atoms with Crippen LogP contribution >= 0.6 is 0 Å². The maximum atomic E-state index is 12.0. The van der Waals surface area contributed by atoms with Crippen LogP contribution in [-0.4, -0.2) is 41.1 Å². The smallest absolute Gasteiger partial charge is 0.355 e. The van der Waals surface area contributed by atoms with E-state index in [0.29, 0.717) is 23.4 Å². The van der Waals surface area contributed by atoms with Crippen LogP contribution in [-0.2, 0) is 9.53 Å². The second-order valence-electron chi connectivity index (χ2n) is 4.82. The Morgan fingerprint density at radius 3 is 2.45 bits per heavy atom. The number of aryl methyl sites for hydroxylation is 1.